The van der Waals surface area contributed by atoms with Gasteiger partial charge in [-0.3, -0.25) is 9.78 Å². The van der Waals surface area contributed by atoms with Crippen LogP contribution in [0.1, 0.15) is 54.6 Å². The van der Waals surface area contributed by atoms with Crippen molar-refractivity contribution in [3.05, 3.63) is 47.2 Å². The Morgan fingerprint density at radius 2 is 2.21 bits per heavy atom. The number of fused-ring (bicyclic) bond motifs is 1. The Kier molecular flexibility index (Phi) is 4.88. The molecular formula is C19H24N4O. The first-order chi connectivity index (χ1) is 11.5. The maximum Gasteiger partial charge on any atom is 0.165 e. The topological polar surface area (TPSA) is 67.8 Å². The summed E-state index contributed by atoms with van der Waals surface area (Å²) in [5.41, 5.74) is 3.13. The van der Waals surface area contributed by atoms with Gasteiger partial charge in [0.25, 0.3) is 0 Å². The largest absolute Gasteiger partial charge is 0.367 e. The van der Waals surface area contributed by atoms with E-state index in [1.165, 1.54) is 11.3 Å². The molecule has 2 heterocycles. The van der Waals surface area contributed by atoms with Crippen molar-refractivity contribution in [2.24, 2.45) is 5.92 Å². The van der Waals surface area contributed by atoms with Crippen LogP contribution in [0.5, 0.6) is 0 Å². The lowest BCUT2D eigenvalue weighted by atomic mass is 9.84. The maximum atomic E-state index is 11.8. The lowest BCUT2D eigenvalue weighted by Gasteiger charge is -2.23. The Hall–Kier alpha value is -2.30. The van der Waals surface area contributed by atoms with Gasteiger partial charge >= 0.3 is 0 Å². The molecular weight excluding hydrogens is 300 g/mol. The van der Waals surface area contributed by atoms with Gasteiger partial charge < -0.3 is 5.32 Å². The van der Waals surface area contributed by atoms with E-state index in [2.05, 4.69) is 26.3 Å². The smallest absolute Gasteiger partial charge is 0.165 e. The highest BCUT2D eigenvalue weighted by Gasteiger charge is 2.21. The fourth-order valence-corrected chi connectivity index (χ4v) is 3.23. The zero-order valence-electron chi connectivity index (χ0n) is 14.5. The van der Waals surface area contributed by atoms with E-state index < -0.39 is 0 Å². The molecule has 2 aromatic heterocycles. The van der Waals surface area contributed by atoms with E-state index in [-0.39, 0.29) is 11.8 Å². The number of aromatic nitrogens is 3. The third-order valence-corrected chi connectivity index (χ3v) is 4.40. The van der Waals surface area contributed by atoms with Crippen molar-refractivity contribution >= 4 is 11.6 Å². The first-order valence-electron chi connectivity index (χ1n) is 8.59. The van der Waals surface area contributed by atoms with Gasteiger partial charge in [0.15, 0.2) is 5.78 Å². The minimum atomic E-state index is -0.0117. The first kappa shape index (κ1) is 16.6. The molecule has 0 unspecified atom stereocenters. The predicted molar refractivity (Wildman–Crippen MR) is 94.3 cm³/mol. The standard InChI is InChI=1S/C19H24N4O/c1-12(2)22-19-16(13(3)24)11-21-18(23-19)10-14-6-7-17-15(9-14)5-4-8-20-17/h4-5,8,11-12,14H,6-7,9-10H2,1-3H3,(H,21,22,23)/t14-/m0/s1. The maximum absolute atomic E-state index is 11.8. The van der Waals surface area contributed by atoms with Crippen molar-refractivity contribution in [2.75, 3.05) is 5.32 Å². The normalized spacial score (nSPS) is 16.8. The molecule has 24 heavy (non-hydrogen) atoms. The summed E-state index contributed by atoms with van der Waals surface area (Å²) < 4.78 is 0. The minimum Gasteiger partial charge on any atom is -0.367 e. The Labute approximate surface area is 143 Å². The highest BCUT2D eigenvalue weighted by Crippen LogP contribution is 2.26. The highest BCUT2D eigenvalue weighted by atomic mass is 16.1. The number of Topliss-reactive ketones (excluding diaryl/α,β-unsaturated/α-hetero) is 1. The summed E-state index contributed by atoms with van der Waals surface area (Å²) in [5, 5.41) is 3.27. The predicted octanol–water partition coefficient (Wildman–Crippen LogP) is 3.24. The van der Waals surface area contributed by atoms with Crippen molar-refractivity contribution in [2.45, 2.75) is 52.5 Å². The lowest BCUT2D eigenvalue weighted by Crippen LogP contribution is -2.20. The number of hydrogen-bond acceptors (Lipinski definition) is 5. The van der Waals surface area contributed by atoms with Crippen LogP contribution in [-0.2, 0) is 19.3 Å². The van der Waals surface area contributed by atoms with Crippen LogP contribution in [-0.4, -0.2) is 26.8 Å². The fourth-order valence-electron chi connectivity index (χ4n) is 3.23. The van der Waals surface area contributed by atoms with Crippen molar-refractivity contribution < 1.29 is 4.79 Å². The van der Waals surface area contributed by atoms with Gasteiger partial charge in [0.1, 0.15) is 11.6 Å². The third-order valence-electron chi connectivity index (χ3n) is 4.40. The van der Waals surface area contributed by atoms with Gasteiger partial charge in [-0.15, -0.1) is 0 Å². The van der Waals surface area contributed by atoms with Crippen molar-refractivity contribution in [3.8, 4) is 0 Å². The molecule has 0 spiro atoms. The van der Waals surface area contributed by atoms with Crippen molar-refractivity contribution in [1.29, 1.82) is 0 Å². The van der Waals surface area contributed by atoms with Crippen LogP contribution in [0.4, 0.5) is 5.82 Å². The molecule has 126 valence electrons. The second kappa shape index (κ2) is 7.07. The van der Waals surface area contributed by atoms with E-state index in [0.29, 0.717) is 17.3 Å². The quantitative estimate of drug-likeness (QED) is 0.855. The van der Waals surface area contributed by atoms with Crippen LogP contribution >= 0.6 is 0 Å². The second-order valence-corrected chi connectivity index (χ2v) is 6.83. The molecule has 0 aromatic carbocycles. The van der Waals surface area contributed by atoms with E-state index in [4.69, 9.17) is 0 Å². The average molecular weight is 324 g/mol. The zero-order chi connectivity index (χ0) is 17.1. The van der Waals surface area contributed by atoms with Gasteiger partial charge in [-0.2, -0.15) is 0 Å². The van der Waals surface area contributed by atoms with Crippen LogP contribution in [0.3, 0.4) is 0 Å². The van der Waals surface area contributed by atoms with E-state index in [9.17, 15) is 4.79 Å². The molecule has 0 fully saturated rings. The van der Waals surface area contributed by atoms with Crippen LogP contribution in [0.15, 0.2) is 24.5 Å². The molecule has 0 radical (unpaired) electrons. The van der Waals surface area contributed by atoms with Crippen molar-refractivity contribution in [3.63, 3.8) is 0 Å². The van der Waals surface area contributed by atoms with E-state index >= 15 is 0 Å². The summed E-state index contributed by atoms with van der Waals surface area (Å²) in [6.45, 7) is 5.63. The molecule has 1 aliphatic carbocycles. The molecule has 0 aliphatic heterocycles. The summed E-state index contributed by atoms with van der Waals surface area (Å²) in [4.78, 5) is 25.3. The van der Waals surface area contributed by atoms with Gasteiger partial charge in [0.2, 0.25) is 0 Å². The molecule has 3 rings (SSSR count). The number of carbonyl (C=O) groups excluding carboxylic acids is 1. The van der Waals surface area contributed by atoms with Gasteiger partial charge in [-0.25, -0.2) is 9.97 Å². The van der Waals surface area contributed by atoms with E-state index in [1.807, 2.05) is 26.1 Å². The molecule has 0 saturated carbocycles. The number of pyridine rings is 1. The van der Waals surface area contributed by atoms with E-state index in [1.54, 1.807) is 13.1 Å². The molecule has 0 amide bonds. The summed E-state index contributed by atoms with van der Waals surface area (Å²) in [6.07, 6.45) is 7.51. The molecule has 1 atom stereocenters. The van der Waals surface area contributed by atoms with Crippen LogP contribution in [0.2, 0.25) is 0 Å². The Morgan fingerprint density at radius 3 is 2.96 bits per heavy atom. The minimum absolute atomic E-state index is 0.0117. The molecule has 0 bridgehead atoms. The number of carbonyl (C=O) groups is 1. The van der Waals surface area contributed by atoms with Crippen molar-refractivity contribution in [1.82, 2.24) is 15.0 Å². The number of hydrogen-bond donors (Lipinski definition) is 1. The zero-order valence-corrected chi connectivity index (χ0v) is 14.5. The fraction of sp³-hybridized carbons (Fsp3) is 0.474. The van der Waals surface area contributed by atoms with E-state index in [0.717, 1.165) is 31.5 Å². The number of ketones is 1. The monoisotopic (exact) mass is 324 g/mol. The molecule has 2 aromatic rings. The second-order valence-electron chi connectivity index (χ2n) is 6.83. The van der Waals surface area contributed by atoms with Crippen LogP contribution < -0.4 is 5.32 Å². The lowest BCUT2D eigenvalue weighted by molar-refractivity contribution is 0.101. The molecule has 1 aliphatic rings. The summed E-state index contributed by atoms with van der Waals surface area (Å²) in [5.74, 6) is 1.97. The highest BCUT2D eigenvalue weighted by molar-refractivity contribution is 5.98. The van der Waals surface area contributed by atoms with Gasteiger partial charge in [-0.05, 0) is 57.6 Å². The number of nitrogens with one attached hydrogen (secondary N) is 1. The molecule has 0 saturated heterocycles. The van der Waals surface area contributed by atoms with Gasteiger partial charge in [0, 0.05) is 30.6 Å². The van der Waals surface area contributed by atoms with Crippen LogP contribution in [0, 0.1) is 5.92 Å². The summed E-state index contributed by atoms with van der Waals surface area (Å²) >= 11 is 0. The number of rotatable bonds is 5. The number of aryl methyl sites for hydroxylation is 1. The first-order valence-corrected chi connectivity index (χ1v) is 8.59. The number of nitrogens with zero attached hydrogens (tertiary/aromatic N) is 3. The average Bonchev–Trinajstić information content (AvgIpc) is 2.54. The summed E-state index contributed by atoms with van der Waals surface area (Å²) in [6, 6.07) is 4.39. The summed E-state index contributed by atoms with van der Waals surface area (Å²) in [7, 11) is 0. The van der Waals surface area contributed by atoms with Crippen LogP contribution in [0.25, 0.3) is 0 Å². The molecule has 5 heteroatoms. The Morgan fingerprint density at radius 1 is 1.38 bits per heavy atom. The van der Waals surface area contributed by atoms with Gasteiger partial charge in [-0.1, -0.05) is 6.07 Å². The Balaban J connectivity index is 1.77. The van der Waals surface area contributed by atoms with Gasteiger partial charge in [0.05, 0.1) is 5.56 Å². The SMILES string of the molecule is CC(=O)c1cnc(C[C@H]2CCc3ncccc3C2)nc1NC(C)C. The number of anilines is 1. The molecule has 1 N–H and O–H groups in total. The Bertz CT molecular complexity index is 742. The third kappa shape index (κ3) is 3.78. The molecule has 5 nitrogen and oxygen atoms in total.